The van der Waals surface area contributed by atoms with Gasteiger partial charge in [0.1, 0.15) is 11.0 Å². The third-order valence-electron chi connectivity index (χ3n) is 2.78. The van der Waals surface area contributed by atoms with Gasteiger partial charge in [-0.2, -0.15) is 0 Å². The van der Waals surface area contributed by atoms with E-state index in [1.807, 2.05) is 0 Å². The van der Waals surface area contributed by atoms with Crippen LogP contribution in [0.4, 0.5) is 4.39 Å². The second-order valence-corrected chi connectivity index (χ2v) is 4.17. The Morgan fingerprint density at radius 1 is 1.53 bits per heavy atom. The van der Waals surface area contributed by atoms with E-state index in [4.69, 9.17) is 11.6 Å². The van der Waals surface area contributed by atoms with E-state index in [1.54, 1.807) is 18.3 Å². The molecule has 2 aromatic rings. The molecule has 3 rings (SSSR count). The van der Waals surface area contributed by atoms with Gasteiger partial charge in [0.25, 0.3) is 0 Å². The fourth-order valence-corrected chi connectivity index (χ4v) is 2.26. The van der Waals surface area contributed by atoms with Crippen LogP contribution in [0.5, 0.6) is 0 Å². The number of aliphatic hydroxyl groups is 1. The molecular weight excluding hydrogens is 245 g/mol. The molecule has 6 heteroatoms. The molecule has 3 heterocycles. The molecule has 0 saturated heterocycles. The van der Waals surface area contributed by atoms with Crippen LogP contribution < -0.4 is 0 Å². The van der Waals surface area contributed by atoms with Gasteiger partial charge in [0.2, 0.25) is 0 Å². The molecule has 88 valence electrons. The normalized spacial score (nSPS) is 20.2. The minimum Gasteiger partial charge on any atom is -0.379 e. The first-order valence-electron chi connectivity index (χ1n) is 5.09. The maximum Gasteiger partial charge on any atom is 0.161 e. The zero-order valence-corrected chi connectivity index (χ0v) is 9.39. The third-order valence-corrected chi connectivity index (χ3v) is 3.07. The maximum atomic E-state index is 13.7. The van der Waals surface area contributed by atoms with E-state index in [9.17, 15) is 9.50 Å². The van der Waals surface area contributed by atoms with Gasteiger partial charge in [0, 0.05) is 12.4 Å². The summed E-state index contributed by atoms with van der Waals surface area (Å²) in [6, 6.07) is 3.21. The molecule has 4 nitrogen and oxygen atoms in total. The van der Waals surface area contributed by atoms with E-state index >= 15 is 0 Å². The number of allylic oxidation sites excluding steroid dienone is 1. The van der Waals surface area contributed by atoms with Crippen LogP contribution in [0.3, 0.4) is 0 Å². The van der Waals surface area contributed by atoms with Crippen molar-refractivity contribution in [2.24, 2.45) is 0 Å². The highest BCUT2D eigenvalue weighted by atomic mass is 35.5. The number of rotatable bonds is 2. The molecule has 0 aliphatic carbocycles. The Bertz CT molecular complexity index is 576. The van der Waals surface area contributed by atoms with Crippen molar-refractivity contribution in [2.75, 3.05) is 0 Å². The minimum atomic E-state index is -1.25. The highest BCUT2D eigenvalue weighted by Gasteiger charge is 2.30. The van der Waals surface area contributed by atoms with Gasteiger partial charge >= 0.3 is 0 Å². The second kappa shape index (κ2) is 3.72. The number of hydrogen-bond donors (Lipinski definition) is 2. The van der Waals surface area contributed by atoms with Crippen LogP contribution in [0.1, 0.15) is 23.8 Å². The van der Waals surface area contributed by atoms with Crippen molar-refractivity contribution in [3.63, 3.8) is 0 Å². The van der Waals surface area contributed by atoms with E-state index in [-0.39, 0.29) is 0 Å². The number of H-pyrrole nitrogens is 1. The topological polar surface area (TPSA) is 53.8 Å². The summed E-state index contributed by atoms with van der Waals surface area (Å²) < 4.78 is 15.2. The Hall–Kier alpha value is -1.59. The summed E-state index contributed by atoms with van der Waals surface area (Å²) >= 11 is 5.96. The van der Waals surface area contributed by atoms with Crippen molar-refractivity contribution in [2.45, 2.75) is 12.3 Å². The third kappa shape index (κ3) is 1.50. The smallest absolute Gasteiger partial charge is 0.161 e. The summed E-state index contributed by atoms with van der Waals surface area (Å²) in [5.41, 5.74) is 0.813. The fourth-order valence-electron chi connectivity index (χ4n) is 2.00. The van der Waals surface area contributed by atoms with Crippen molar-refractivity contribution < 1.29 is 9.50 Å². The van der Waals surface area contributed by atoms with Gasteiger partial charge in [-0.15, -0.1) is 0 Å². The first kappa shape index (κ1) is 10.6. The van der Waals surface area contributed by atoms with Crippen LogP contribution in [0.25, 0.3) is 5.70 Å². The lowest BCUT2D eigenvalue weighted by molar-refractivity contribution is 0.223. The number of imidazole rings is 1. The largest absolute Gasteiger partial charge is 0.379 e. The van der Waals surface area contributed by atoms with Crippen LogP contribution in [0, 0.1) is 0 Å². The molecule has 0 aromatic carbocycles. The van der Waals surface area contributed by atoms with Crippen molar-refractivity contribution >= 4 is 17.3 Å². The summed E-state index contributed by atoms with van der Waals surface area (Å²) in [6.45, 7) is 0. The first-order valence-corrected chi connectivity index (χ1v) is 5.47. The Labute approximate surface area is 101 Å². The molecule has 0 amide bonds. The first-order chi connectivity index (χ1) is 8.18. The molecule has 2 aromatic heterocycles. The summed E-state index contributed by atoms with van der Waals surface area (Å²) in [4.78, 5) is 6.74. The van der Waals surface area contributed by atoms with Gasteiger partial charge < -0.3 is 14.7 Å². The summed E-state index contributed by atoms with van der Waals surface area (Å²) in [5, 5.41) is 10.5. The van der Waals surface area contributed by atoms with Crippen molar-refractivity contribution in [3.8, 4) is 0 Å². The molecule has 0 fully saturated rings. The molecule has 0 spiro atoms. The molecule has 0 radical (unpaired) electrons. The quantitative estimate of drug-likeness (QED) is 0.864. The van der Waals surface area contributed by atoms with Crippen LogP contribution >= 0.6 is 11.6 Å². The van der Waals surface area contributed by atoms with E-state index in [2.05, 4.69) is 9.97 Å². The number of hydrogen-bond acceptors (Lipinski definition) is 2. The molecular formula is C11H9ClFN3O. The van der Waals surface area contributed by atoms with Crippen molar-refractivity contribution in [3.05, 3.63) is 47.3 Å². The van der Waals surface area contributed by atoms with E-state index in [1.165, 1.54) is 16.8 Å². The minimum absolute atomic E-state index is 0.362. The van der Waals surface area contributed by atoms with Crippen molar-refractivity contribution in [1.82, 2.24) is 14.5 Å². The molecule has 1 aliphatic heterocycles. The van der Waals surface area contributed by atoms with E-state index in [0.717, 1.165) is 0 Å². The molecule has 2 N–H and O–H groups in total. The molecule has 2 unspecified atom stereocenters. The van der Waals surface area contributed by atoms with Crippen LogP contribution in [0.2, 0.25) is 5.15 Å². The average molecular weight is 254 g/mol. The molecule has 0 saturated carbocycles. The number of nitrogens with one attached hydrogen (secondary N) is 1. The van der Waals surface area contributed by atoms with Crippen LogP contribution in [-0.2, 0) is 0 Å². The maximum absolute atomic E-state index is 13.7. The average Bonchev–Trinajstić information content (AvgIpc) is 2.98. The van der Waals surface area contributed by atoms with E-state index < -0.39 is 12.3 Å². The number of aromatic nitrogens is 3. The van der Waals surface area contributed by atoms with Crippen molar-refractivity contribution in [1.29, 1.82) is 0 Å². The van der Waals surface area contributed by atoms with Gasteiger partial charge in [0.15, 0.2) is 12.3 Å². The lowest BCUT2D eigenvalue weighted by atomic mass is 10.2. The molecule has 17 heavy (non-hydrogen) atoms. The second-order valence-electron chi connectivity index (χ2n) is 3.79. The molecule has 0 bridgehead atoms. The standard InChI is InChI=1S/C11H9ClFN3O/c12-9-2-1-7-6(13)5-8(16(7)9)10(17)11-14-3-4-15-11/h1-6,10,17H,(H,14,15). The zero-order valence-electron chi connectivity index (χ0n) is 8.64. The van der Waals surface area contributed by atoms with Gasteiger partial charge in [-0.05, 0) is 18.2 Å². The highest BCUT2D eigenvalue weighted by molar-refractivity contribution is 6.30. The van der Waals surface area contributed by atoms with Gasteiger partial charge in [-0.25, -0.2) is 9.37 Å². The number of nitrogens with zero attached hydrogens (tertiary/aromatic N) is 2. The lowest BCUT2D eigenvalue weighted by Gasteiger charge is -2.13. The number of halogens is 2. The number of aliphatic hydroxyl groups excluding tert-OH is 1. The SMILES string of the molecule is OC(C1=CC(F)c2ccc(Cl)n21)c1ncc[nH]1. The Morgan fingerprint density at radius 3 is 3.06 bits per heavy atom. The van der Waals surface area contributed by atoms with Gasteiger partial charge in [0.05, 0.1) is 11.4 Å². The number of fused-ring (bicyclic) bond motifs is 1. The Morgan fingerprint density at radius 2 is 2.35 bits per heavy atom. The lowest BCUT2D eigenvalue weighted by Crippen LogP contribution is -2.07. The predicted octanol–water partition coefficient (Wildman–Crippen LogP) is 2.46. The van der Waals surface area contributed by atoms with Gasteiger partial charge in [-0.3, -0.25) is 0 Å². The predicted molar refractivity (Wildman–Crippen MR) is 61.1 cm³/mol. The van der Waals surface area contributed by atoms with Crippen LogP contribution in [-0.4, -0.2) is 19.6 Å². The summed E-state index contributed by atoms with van der Waals surface area (Å²) in [6.07, 6.45) is 2.20. The van der Waals surface area contributed by atoms with Crippen LogP contribution in [0.15, 0.2) is 30.6 Å². The number of alkyl halides is 1. The fraction of sp³-hybridized carbons (Fsp3) is 0.182. The zero-order chi connectivity index (χ0) is 12.0. The highest BCUT2D eigenvalue weighted by Crippen LogP contribution is 2.40. The Kier molecular flexibility index (Phi) is 2.31. The van der Waals surface area contributed by atoms with Gasteiger partial charge in [-0.1, -0.05) is 11.6 Å². The monoisotopic (exact) mass is 253 g/mol. The number of aromatic amines is 1. The summed E-state index contributed by atoms with van der Waals surface area (Å²) in [7, 11) is 0. The molecule has 2 atom stereocenters. The Balaban J connectivity index is 2.06. The summed E-state index contributed by atoms with van der Waals surface area (Å²) in [5.74, 6) is 0.362. The molecule has 1 aliphatic rings. The van der Waals surface area contributed by atoms with E-state index in [0.29, 0.717) is 22.4 Å².